The third kappa shape index (κ3) is 5.19. The molecule has 0 atom stereocenters. The van der Waals surface area contributed by atoms with Gasteiger partial charge in [-0.05, 0) is 39.8 Å². The van der Waals surface area contributed by atoms with Crippen molar-refractivity contribution in [3.05, 3.63) is 23.8 Å². The van der Waals surface area contributed by atoms with Gasteiger partial charge in [-0.2, -0.15) is 0 Å². The first-order valence-electron chi connectivity index (χ1n) is 9.99. The van der Waals surface area contributed by atoms with Gasteiger partial charge in [0, 0.05) is 44.5 Å². The summed E-state index contributed by atoms with van der Waals surface area (Å²) in [7, 11) is 0. The number of benzene rings is 1. The number of carbonyl (C=O) groups excluding carboxylic acids is 3. The van der Waals surface area contributed by atoms with Crippen molar-refractivity contribution in [1.82, 2.24) is 10.2 Å². The summed E-state index contributed by atoms with van der Waals surface area (Å²) in [5, 5.41) is 2.35. The Labute approximate surface area is 171 Å². The predicted octanol–water partition coefficient (Wildman–Crippen LogP) is 3.22. The molecule has 1 aromatic carbocycles. The molecule has 158 valence electrons. The Kier molecular flexibility index (Phi) is 6.00. The highest BCUT2D eigenvalue weighted by molar-refractivity contribution is 6.06. The first-order chi connectivity index (χ1) is 13.6. The Balaban J connectivity index is 1.61. The van der Waals surface area contributed by atoms with Crippen molar-refractivity contribution in [2.75, 3.05) is 24.5 Å². The van der Waals surface area contributed by atoms with Crippen LogP contribution in [0.15, 0.2) is 18.2 Å². The average Bonchev–Trinajstić information content (AvgIpc) is 2.63. The number of rotatable bonds is 3. The van der Waals surface area contributed by atoms with Crippen molar-refractivity contribution < 1.29 is 23.9 Å². The van der Waals surface area contributed by atoms with Gasteiger partial charge in [0.15, 0.2) is 0 Å². The minimum absolute atomic E-state index is 0.0144. The topological polar surface area (TPSA) is 88.2 Å². The molecule has 2 saturated heterocycles. The van der Waals surface area contributed by atoms with Gasteiger partial charge in [0.2, 0.25) is 5.91 Å². The summed E-state index contributed by atoms with van der Waals surface area (Å²) >= 11 is 0. The van der Waals surface area contributed by atoms with Gasteiger partial charge >= 0.3 is 12.1 Å². The van der Waals surface area contributed by atoms with Gasteiger partial charge in [0.25, 0.3) is 0 Å². The summed E-state index contributed by atoms with van der Waals surface area (Å²) in [5.41, 5.74) is 1.08. The summed E-state index contributed by atoms with van der Waals surface area (Å²) in [6.45, 7) is 8.98. The molecule has 4 amide bonds. The van der Waals surface area contributed by atoms with E-state index in [1.807, 2.05) is 45.9 Å². The third-order valence-corrected chi connectivity index (χ3v) is 4.99. The van der Waals surface area contributed by atoms with Gasteiger partial charge < -0.3 is 14.4 Å². The molecule has 29 heavy (non-hydrogen) atoms. The smallest absolute Gasteiger partial charge is 0.410 e. The number of ether oxygens (including phenoxy) is 2. The molecule has 0 spiro atoms. The molecular formula is C21H29N3O5. The number of carbonyl (C=O) groups is 3. The molecule has 2 fully saturated rings. The van der Waals surface area contributed by atoms with E-state index in [1.54, 1.807) is 9.80 Å². The Morgan fingerprint density at radius 1 is 1.14 bits per heavy atom. The number of hydrogen-bond donors (Lipinski definition) is 1. The van der Waals surface area contributed by atoms with Crippen LogP contribution >= 0.6 is 0 Å². The minimum atomic E-state index is -0.507. The van der Waals surface area contributed by atoms with E-state index in [2.05, 4.69) is 5.32 Å². The van der Waals surface area contributed by atoms with E-state index in [1.165, 1.54) is 0 Å². The molecule has 0 saturated carbocycles. The lowest BCUT2D eigenvalue weighted by atomic mass is 10.1. The fourth-order valence-electron chi connectivity index (χ4n) is 3.48. The summed E-state index contributed by atoms with van der Waals surface area (Å²) in [6.07, 6.45) is 1.39. The zero-order valence-electron chi connectivity index (χ0n) is 17.5. The molecule has 0 radical (unpaired) electrons. The third-order valence-electron chi connectivity index (χ3n) is 4.99. The zero-order chi connectivity index (χ0) is 21.2. The molecule has 1 N–H and O–H groups in total. The Morgan fingerprint density at radius 3 is 2.45 bits per heavy atom. The maximum absolute atomic E-state index is 12.2. The van der Waals surface area contributed by atoms with Gasteiger partial charge in [0.05, 0.1) is 5.69 Å². The highest BCUT2D eigenvalue weighted by atomic mass is 16.6. The first-order valence-corrected chi connectivity index (χ1v) is 9.99. The number of nitrogens with zero attached hydrogens (tertiary/aromatic N) is 2. The SMILES string of the molecule is Cc1c(OC2CCN(C(=O)OC(C)(C)C)CC2)cccc1N1CCC(=O)NC1=O. The zero-order valence-corrected chi connectivity index (χ0v) is 17.5. The number of hydrogen-bond acceptors (Lipinski definition) is 5. The van der Waals surface area contributed by atoms with Crippen molar-refractivity contribution in [3.63, 3.8) is 0 Å². The van der Waals surface area contributed by atoms with Crippen LogP contribution in [0.3, 0.4) is 0 Å². The molecule has 0 aromatic heterocycles. The van der Waals surface area contributed by atoms with E-state index in [0.29, 0.717) is 38.2 Å². The standard InChI is InChI=1S/C21H29N3O5/c1-14-16(24-13-10-18(25)22-19(24)26)6-5-7-17(14)28-15-8-11-23(12-9-15)20(27)29-21(2,3)4/h5-7,15H,8-13H2,1-4H3,(H,22,25,26). The minimum Gasteiger partial charge on any atom is -0.490 e. The van der Waals surface area contributed by atoms with E-state index >= 15 is 0 Å². The maximum atomic E-state index is 12.2. The second-order valence-electron chi connectivity index (χ2n) is 8.44. The molecular weight excluding hydrogens is 374 g/mol. The van der Waals surface area contributed by atoms with Crippen molar-refractivity contribution in [1.29, 1.82) is 0 Å². The quantitative estimate of drug-likeness (QED) is 0.837. The molecule has 0 bridgehead atoms. The molecule has 2 aliphatic rings. The van der Waals surface area contributed by atoms with Crippen molar-refractivity contribution >= 4 is 23.7 Å². The second-order valence-corrected chi connectivity index (χ2v) is 8.44. The highest BCUT2D eigenvalue weighted by Gasteiger charge is 2.29. The van der Waals surface area contributed by atoms with Gasteiger partial charge in [-0.15, -0.1) is 0 Å². The fraction of sp³-hybridized carbons (Fsp3) is 0.571. The molecule has 1 aromatic rings. The summed E-state index contributed by atoms with van der Waals surface area (Å²) in [6, 6.07) is 5.17. The predicted molar refractivity (Wildman–Crippen MR) is 108 cm³/mol. The fourth-order valence-corrected chi connectivity index (χ4v) is 3.48. The molecule has 8 heteroatoms. The van der Waals surface area contributed by atoms with Crippen LogP contribution < -0.4 is 15.0 Å². The number of piperidine rings is 1. The van der Waals surface area contributed by atoms with Crippen LogP contribution in [0.2, 0.25) is 0 Å². The summed E-state index contributed by atoms with van der Waals surface area (Å²) in [5.74, 6) is 0.455. The van der Waals surface area contributed by atoms with Crippen LogP contribution in [0.5, 0.6) is 5.75 Å². The monoisotopic (exact) mass is 403 g/mol. The summed E-state index contributed by atoms with van der Waals surface area (Å²) < 4.78 is 11.6. The van der Waals surface area contributed by atoms with Gasteiger partial charge in [-0.25, -0.2) is 9.59 Å². The van der Waals surface area contributed by atoms with E-state index < -0.39 is 11.6 Å². The number of nitrogens with one attached hydrogen (secondary N) is 1. The molecule has 3 rings (SSSR count). The molecule has 0 aliphatic carbocycles. The highest BCUT2D eigenvalue weighted by Crippen LogP contribution is 2.31. The Bertz CT molecular complexity index is 794. The van der Waals surface area contributed by atoms with E-state index in [4.69, 9.17) is 9.47 Å². The van der Waals surface area contributed by atoms with Crippen molar-refractivity contribution in [2.24, 2.45) is 0 Å². The Morgan fingerprint density at radius 2 is 1.83 bits per heavy atom. The lowest BCUT2D eigenvalue weighted by Gasteiger charge is -2.34. The van der Waals surface area contributed by atoms with Gasteiger partial charge in [0.1, 0.15) is 17.5 Å². The molecule has 0 unspecified atom stereocenters. The normalized spacial score (nSPS) is 18.5. The van der Waals surface area contributed by atoms with Crippen LogP contribution in [-0.2, 0) is 9.53 Å². The molecule has 2 aliphatic heterocycles. The number of likely N-dealkylation sites (tertiary alicyclic amines) is 1. The Hall–Kier alpha value is -2.77. The van der Waals surface area contributed by atoms with E-state index in [-0.39, 0.29) is 24.5 Å². The largest absolute Gasteiger partial charge is 0.490 e. The van der Waals surface area contributed by atoms with E-state index in [0.717, 1.165) is 11.3 Å². The second kappa shape index (κ2) is 8.31. The number of imide groups is 1. The van der Waals surface area contributed by atoms with Gasteiger partial charge in [-0.1, -0.05) is 6.07 Å². The lowest BCUT2D eigenvalue weighted by molar-refractivity contribution is -0.120. The average molecular weight is 403 g/mol. The number of anilines is 1. The van der Waals surface area contributed by atoms with Gasteiger partial charge in [-0.3, -0.25) is 15.0 Å². The number of urea groups is 1. The van der Waals surface area contributed by atoms with Crippen molar-refractivity contribution in [3.8, 4) is 5.75 Å². The molecule has 2 heterocycles. The van der Waals surface area contributed by atoms with Crippen LogP contribution in [0.25, 0.3) is 0 Å². The van der Waals surface area contributed by atoms with Crippen LogP contribution in [-0.4, -0.2) is 54.3 Å². The van der Waals surface area contributed by atoms with Crippen LogP contribution in [0.1, 0.15) is 45.6 Å². The van der Waals surface area contributed by atoms with Crippen molar-refractivity contribution in [2.45, 2.75) is 58.7 Å². The van der Waals surface area contributed by atoms with E-state index in [9.17, 15) is 14.4 Å². The van der Waals surface area contributed by atoms with Crippen LogP contribution in [0, 0.1) is 6.92 Å². The maximum Gasteiger partial charge on any atom is 0.410 e. The van der Waals surface area contributed by atoms with Crippen LogP contribution in [0.4, 0.5) is 15.3 Å². The number of amides is 4. The summed E-state index contributed by atoms with van der Waals surface area (Å²) in [4.78, 5) is 39.0. The lowest BCUT2D eigenvalue weighted by Crippen LogP contribution is -2.49. The molecule has 8 nitrogen and oxygen atoms in total. The first kappa shape index (κ1) is 21.0.